The molecule has 1 aromatic heterocycles. The first-order valence-electron chi connectivity index (χ1n) is 8.25. The zero-order chi connectivity index (χ0) is 19.3. The van der Waals surface area contributed by atoms with Gasteiger partial charge in [0.15, 0.2) is 0 Å². The first kappa shape index (κ1) is 18.9. The van der Waals surface area contributed by atoms with Gasteiger partial charge >= 0.3 is 0 Å². The summed E-state index contributed by atoms with van der Waals surface area (Å²) in [5, 5.41) is 25.2. The zero-order valence-electron chi connectivity index (χ0n) is 14.4. The van der Waals surface area contributed by atoms with Gasteiger partial charge in [0.1, 0.15) is 5.82 Å². The van der Waals surface area contributed by atoms with Crippen LogP contribution in [0.4, 0.5) is 11.5 Å². The van der Waals surface area contributed by atoms with Crippen molar-refractivity contribution in [1.29, 1.82) is 0 Å². The number of anilines is 2. The molecule has 142 valence electrons. The van der Waals surface area contributed by atoms with E-state index in [0.717, 1.165) is 5.69 Å². The van der Waals surface area contributed by atoms with Crippen LogP contribution in [0.1, 0.15) is 0 Å². The smallest absolute Gasteiger partial charge is 0.263 e. The molecular formula is C18H20N4O4S. The molecular weight excluding hydrogens is 368 g/mol. The van der Waals surface area contributed by atoms with E-state index < -0.39 is 16.1 Å². The van der Waals surface area contributed by atoms with E-state index in [0.29, 0.717) is 11.5 Å². The van der Waals surface area contributed by atoms with Crippen molar-refractivity contribution in [2.45, 2.75) is 11.0 Å². The predicted octanol–water partition coefficient (Wildman–Crippen LogP) is 1.44. The Kier molecular flexibility index (Phi) is 5.75. The number of rotatable bonds is 8. The van der Waals surface area contributed by atoms with Crippen molar-refractivity contribution in [3.8, 4) is 5.69 Å². The van der Waals surface area contributed by atoms with E-state index in [1.54, 1.807) is 18.2 Å². The van der Waals surface area contributed by atoms with Gasteiger partial charge in [0, 0.05) is 18.3 Å². The number of nitrogens with zero attached hydrogens (tertiary/aromatic N) is 2. The largest absolute Gasteiger partial charge is 0.394 e. The van der Waals surface area contributed by atoms with Crippen LogP contribution in [0.2, 0.25) is 0 Å². The van der Waals surface area contributed by atoms with Gasteiger partial charge in [0.05, 0.1) is 29.5 Å². The van der Waals surface area contributed by atoms with Gasteiger partial charge in [-0.2, -0.15) is 5.10 Å². The molecule has 0 spiro atoms. The second kappa shape index (κ2) is 8.21. The number of nitrogens with one attached hydrogen (secondary N) is 2. The van der Waals surface area contributed by atoms with Gasteiger partial charge in [-0.25, -0.2) is 13.1 Å². The molecule has 1 atom stereocenters. The lowest BCUT2D eigenvalue weighted by molar-refractivity contribution is 0.105. The molecule has 3 rings (SSSR count). The minimum atomic E-state index is -3.79. The molecule has 0 aliphatic heterocycles. The lowest BCUT2D eigenvalue weighted by atomic mass is 10.3. The Balaban J connectivity index is 1.75. The standard InChI is InChI=1S/C18H20N4O4S/c23-13-16(24)12-19-14-6-8-17(9-7-14)27(25,26)21-18-10-11-20-22(18)15-4-2-1-3-5-15/h1-11,16,19,21,23-24H,12-13H2. The third kappa shape index (κ3) is 4.64. The normalized spacial score (nSPS) is 12.5. The van der Waals surface area contributed by atoms with Crippen molar-refractivity contribution >= 4 is 21.5 Å². The summed E-state index contributed by atoms with van der Waals surface area (Å²) >= 11 is 0. The molecule has 3 aromatic rings. The number of aliphatic hydroxyl groups excluding tert-OH is 2. The van der Waals surface area contributed by atoms with E-state index in [1.807, 2.05) is 30.3 Å². The van der Waals surface area contributed by atoms with Crippen molar-refractivity contribution in [1.82, 2.24) is 9.78 Å². The molecule has 0 aliphatic carbocycles. The third-order valence-electron chi connectivity index (χ3n) is 3.80. The molecule has 0 amide bonds. The predicted molar refractivity (Wildman–Crippen MR) is 102 cm³/mol. The molecule has 0 fully saturated rings. The highest BCUT2D eigenvalue weighted by atomic mass is 32.2. The van der Waals surface area contributed by atoms with Gasteiger partial charge in [-0.3, -0.25) is 4.72 Å². The van der Waals surface area contributed by atoms with Crippen LogP contribution in [0.3, 0.4) is 0 Å². The monoisotopic (exact) mass is 388 g/mol. The van der Waals surface area contributed by atoms with Crippen LogP contribution in [-0.4, -0.2) is 47.7 Å². The number of benzene rings is 2. The van der Waals surface area contributed by atoms with Gasteiger partial charge in [0.25, 0.3) is 10.0 Å². The third-order valence-corrected chi connectivity index (χ3v) is 5.17. The maximum atomic E-state index is 12.7. The lowest BCUT2D eigenvalue weighted by Crippen LogP contribution is -2.23. The number of sulfonamides is 1. The van der Waals surface area contributed by atoms with E-state index in [1.165, 1.54) is 23.0 Å². The van der Waals surface area contributed by atoms with E-state index >= 15 is 0 Å². The van der Waals surface area contributed by atoms with Crippen molar-refractivity contribution < 1.29 is 18.6 Å². The Labute approximate surface area is 157 Å². The molecule has 0 aliphatic rings. The number of aliphatic hydroxyl groups is 2. The second-order valence-electron chi connectivity index (χ2n) is 5.81. The minimum Gasteiger partial charge on any atom is -0.394 e. The van der Waals surface area contributed by atoms with Crippen molar-refractivity contribution in [3.05, 3.63) is 66.9 Å². The fourth-order valence-corrected chi connectivity index (χ4v) is 3.45. The molecule has 0 bridgehead atoms. The summed E-state index contributed by atoms with van der Waals surface area (Å²) in [5.74, 6) is 0.328. The fourth-order valence-electron chi connectivity index (χ4n) is 2.40. The van der Waals surface area contributed by atoms with Crippen molar-refractivity contribution in [2.75, 3.05) is 23.2 Å². The summed E-state index contributed by atoms with van der Waals surface area (Å²) < 4.78 is 29.4. The molecule has 0 saturated heterocycles. The molecule has 2 aromatic carbocycles. The lowest BCUT2D eigenvalue weighted by Gasteiger charge is -2.12. The van der Waals surface area contributed by atoms with E-state index in [2.05, 4.69) is 15.1 Å². The Hall–Kier alpha value is -2.88. The number of hydrogen-bond donors (Lipinski definition) is 4. The maximum absolute atomic E-state index is 12.7. The minimum absolute atomic E-state index is 0.0940. The Morgan fingerprint density at radius 3 is 2.41 bits per heavy atom. The maximum Gasteiger partial charge on any atom is 0.263 e. The van der Waals surface area contributed by atoms with Crippen LogP contribution in [-0.2, 0) is 10.0 Å². The first-order valence-corrected chi connectivity index (χ1v) is 9.73. The van der Waals surface area contributed by atoms with Crippen LogP contribution in [0.25, 0.3) is 5.69 Å². The number of hydrogen-bond acceptors (Lipinski definition) is 6. The average Bonchev–Trinajstić information content (AvgIpc) is 3.14. The molecule has 8 nitrogen and oxygen atoms in total. The van der Waals surface area contributed by atoms with Crippen LogP contribution in [0.15, 0.2) is 71.8 Å². The molecule has 4 N–H and O–H groups in total. The van der Waals surface area contributed by atoms with E-state index in [-0.39, 0.29) is 18.0 Å². The highest BCUT2D eigenvalue weighted by Gasteiger charge is 2.17. The summed E-state index contributed by atoms with van der Waals surface area (Å²) in [7, 11) is -3.79. The van der Waals surface area contributed by atoms with Crippen LogP contribution < -0.4 is 10.0 Å². The number of para-hydroxylation sites is 1. The van der Waals surface area contributed by atoms with Crippen LogP contribution in [0.5, 0.6) is 0 Å². The van der Waals surface area contributed by atoms with Gasteiger partial charge in [-0.15, -0.1) is 0 Å². The van der Waals surface area contributed by atoms with E-state index in [4.69, 9.17) is 5.11 Å². The Morgan fingerprint density at radius 1 is 1.04 bits per heavy atom. The average molecular weight is 388 g/mol. The first-order chi connectivity index (χ1) is 13.0. The summed E-state index contributed by atoms with van der Waals surface area (Å²) in [6, 6.07) is 16.9. The van der Waals surface area contributed by atoms with Gasteiger partial charge < -0.3 is 15.5 Å². The highest BCUT2D eigenvalue weighted by molar-refractivity contribution is 7.92. The Bertz CT molecular complexity index is 972. The molecule has 27 heavy (non-hydrogen) atoms. The fraction of sp³-hybridized carbons (Fsp3) is 0.167. The summed E-state index contributed by atoms with van der Waals surface area (Å²) in [6.45, 7) is -0.185. The molecule has 1 heterocycles. The van der Waals surface area contributed by atoms with E-state index in [9.17, 15) is 13.5 Å². The topological polar surface area (TPSA) is 116 Å². The van der Waals surface area contributed by atoms with Crippen molar-refractivity contribution in [2.24, 2.45) is 0 Å². The van der Waals surface area contributed by atoms with Crippen LogP contribution >= 0.6 is 0 Å². The van der Waals surface area contributed by atoms with Crippen LogP contribution in [0, 0.1) is 0 Å². The SMILES string of the molecule is O=S(=O)(Nc1ccnn1-c1ccccc1)c1ccc(NCC(O)CO)cc1. The Morgan fingerprint density at radius 2 is 1.74 bits per heavy atom. The van der Waals surface area contributed by atoms with Crippen molar-refractivity contribution in [3.63, 3.8) is 0 Å². The second-order valence-corrected chi connectivity index (χ2v) is 7.49. The molecule has 0 radical (unpaired) electrons. The summed E-state index contributed by atoms with van der Waals surface area (Å²) in [4.78, 5) is 0.0940. The molecule has 9 heteroatoms. The summed E-state index contributed by atoms with van der Waals surface area (Å²) in [6.07, 6.45) is 0.637. The van der Waals surface area contributed by atoms with Gasteiger partial charge in [0.2, 0.25) is 0 Å². The summed E-state index contributed by atoms with van der Waals surface area (Å²) in [5.41, 5.74) is 1.37. The van der Waals surface area contributed by atoms with Gasteiger partial charge in [-0.05, 0) is 36.4 Å². The quantitative estimate of drug-likeness (QED) is 0.464. The molecule has 1 unspecified atom stereocenters. The zero-order valence-corrected chi connectivity index (χ0v) is 15.2. The van der Waals surface area contributed by atoms with Gasteiger partial charge in [-0.1, -0.05) is 18.2 Å². The highest BCUT2D eigenvalue weighted by Crippen LogP contribution is 2.20. The number of aromatic nitrogens is 2. The molecule has 0 saturated carbocycles.